The second kappa shape index (κ2) is 7.53. The van der Waals surface area contributed by atoms with Gasteiger partial charge in [0.2, 0.25) is 6.04 Å². The number of rotatable bonds is 5. The second-order valence-corrected chi connectivity index (χ2v) is 6.13. The van der Waals surface area contributed by atoms with Gasteiger partial charge in [-0.3, -0.25) is 20.2 Å². The van der Waals surface area contributed by atoms with Gasteiger partial charge in [0.05, 0.1) is 20.1 Å². The first-order chi connectivity index (χ1) is 12.6. The number of hydrogen-bond donors (Lipinski definition) is 1. The molecule has 0 aliphatic carbocycles. The van der Waals surface area contributed by atoms with Crippen molar-refractivity contribution in [2.24, 2.45) is 0 Å². The summed E-state index contributed by atoms with van der Waals surface area (Å²) in [6.07, 6.45) is 0. The number of nitrogens with zero attached hydrogens (tertiary/aromatic N) is 1. The SMILES string of the molecule is COC(=O)C1NC(c2ccccc2)C([N+](=O)[O-])C1c1ccc(OC)cc1. The van der Waals surface area contributed by atoms with Crippen LogP contribution in [-0.2, 0) is 9.53 Å². The van der Waals surface area contributed by atoms with Crippen LogP contribution in [-0.4, -0.2) is 37.2 Å². The van der Waals surface area contributed by atoms with Gasteiger partial charge in [0.15, 0.2) is 0 Å². The van der Waals surface area contributed by atoms with Gasteiger partial charge in [0.25, 0.3) is 0 Å². The normalized spacial score (nSPS) is 24.8. The van der Waals surface area contributed by atoms with Gasteiger partial charge in [-0.15, -0.1) is 0 Å². The number of methoxy groups -OCH3 is 2. The fourth-order valence-corrected chi connectivity index (χ4v) is 3.56. The monoisotopic (exact) mass is 356 g/mol. The Balaban J connectivity index is 2.06. The van der Waals surface area contributed by atoms with E-state index in [0.29, 0.717) is 11.3 Å². The highest BCUT2D eigenvalue weighted by atomic mass is 16.6. The van der Waals surface area contributed by atoms with E-state index in [1.807, 2.05) is 30.3 Å². The molecule has 1 heterocycles. The number of nitrogens with one attached hydrogen (secondary N) is 1. The van der Waals surface area contributed by atoms with Crippen molar-refractivity contribution in [1.29, 1.82) is 0 Å². The summed E-state index contributed by atoms with van der Waals surface area (Å²) in [5, 5.41) is 15.1. The zero-order valence-electron chi connectivity index (χ0n) is 14.5. The van der Waals surface area contributed by atoms with Gasteiger partial charge in [-0.05, 0) is 23.3 Å². The zero-order valence-corrected chi connectivity index (χ0v) is 14.5. The van der Waals surface area contributed by atoms with Gasteiger partial charge < -0.3 is 9.47 Å². The van der Waals surface area contributed by atoms with Crippen molar-refractivity contribution < 1.29 is 19.2 Å². The average Bonchev–Trinajstić information content (AvgIpc) is 3.09. The van der Waals surface area contributed by atoms with E-state index in [2.05, 4.69) is 5.32 Å². The molecule has 2 aromatic rings. The summed E-state index contributed by atoms with van der Waals surface area (Å²) in [6, 6.07) is 13.7. The van der Waals surface area contributed by atoms with Crippen LogP contribution in [0.15, 0.2) is 54.6 Å². The second-order valence-electron chi connectivity index (χ2n) is 6.13. The van der Waals surface area contributed by atoms with E-state index in [0.717, 1.165) is 5.56 Å². The lowest BCUT2D eigenvalue weighted by Crippen LogP contribution is -2.37. The molecule has 3 rings (SSSR count). The molecular formula is C19H20N2O5. The lowest BCUT2D eigenvalue weighted by Gasteiger charge is -2.19. The molecule has 136 valence electrons. The molecule has 7 nitrogen and oxygen atoms in total. The van der Waals surface area contributed by atoms with E-state index in [1.54, 1.807) is 31.4 Å². The van der Waals surface area contributed by atoms with Gasteiger partial charge in [0, 0.05) is 4.92 Å². The van der Waals surface area contributed by atoms with Crippen molar-refractivity contribution in [3.05, 3.63) is 75.8 Å². The minimum Gasteiger partial charge on any atom is -0.497 e. The van der Waals surface area contributed by atoms with Crippen molar-refractivity contribution in [1.82, 2.24) is 5.32 Å². The molecule has 1 saturated heterocycles. The van der Waals surface area contributed by atoms with Crippen molar-refractivity contribution in [2.45, 2.75) is 24.0 Å². The molecule has 1 aliphatic rings. The molecule has 0 saturated carbocycles. The number of benzene rings is 2. The molecule has 1 aliphatic heterocycles. The summed E-state index contributed by atoms with van der Waals surface area (Å²) >= 11 is 0. The van der Waals surface area contributed by atoms with E-state index in [1.165, 1.54) is 7.11 Å². The summed E-state index contributed by atoms with van der Waals surface area (Å²) < 4.78 is 10.0. The van der Waals surface area contributed by atoms with Gasteiger partial charge >= 0.3 is 5.97 Å². The fraction of sp³-hybridized carbons (Fsp3) is 0.316. The first kappa shape index (κ1) is 17.9. The Labute approximate surface area is 151 Å². The highest BCUT2D eigenvalue weighted by Gasteiger charge is 2.54. The van der Waals surface area contributed by atoms with Crippen LogP contribution >= 0.6 is 0 Å². The molecule has 0 spiro atoms. The molecule has 0 amide bonds. The van der Waals surface area contributed by atoms with Gasteiger partial charge in [-0.2, -0.15) is 0 Å². The maximum atomic E-state index is 12.3. The first-order valence-corrected chi connectivity index (χ1v) is 8.23. The molecule has 0 bridgehead atoms. The van der Waals surface area contributed by atoms with Gasteiger partial charge in [0.1, 0.15) is 17.8 Å². The molecule has 1 N–H and O–H groups in total. The standard InChI is InChI=1S/C19H20N2O5/c1-25-14-10-8-12(9-11-14)15-17(19(22)26-2)20-16(18(15)21(23)24)13-6-4-3-5-7-13/h3-11,15-18,20H,1-2H3. The third-order valence-corrected chi connectivity index (χ3v) is 4.79. The van der Waals surface area contributed by atoms with Gasteiger partial charge in [-0.25, -0.2) is 0 Å². The van der Waals surface area contributed by atoms with Crippen LogP contribution in [0.2, 0.25) is 0 Å². The summed E-state index contributed by atoms with van der Waals surface area (Å²) in [6.45, 7) is 0. The third-order valence-electron chi connectivity index (χ3n) is 4.79. The Kier molecular flexibility index (Phi) is 5.18. The molecule has 7 heteroatoms. The predicted octanol–water partition coefficient (Wildman–Crippen LogP) is 2.31. The molecule has 2 aromatic carbocycles. The lowest BCUT2D eigenvalue weighted by molar-refractivity contribution is -0.527. The van der Waals surface area contributed by atoms with Crippen molar-refractivity contribution >= 4 is 5.97 Å². The Morgan fingerprint density at radius 2 is 1.69 bits per heavy atom. The fourth-order valence-electron chi connectivity index (χ4n) is 3.56. The van der Waals surface area contributed by atoms with E-state index in [9.17, 15) is 14.9 Å². The highest BCUT2D eigenvalue weighted by molar-refractivity contribution is 5.78. The Morgan fingerprint density at radius 1 is 1.04 bits per heavy atom. The molecule has 26 heavy (non-hydrogen) atoms. The minimum atomic E-state index is -1.00. The first-order valence-electron chi connectivity index (χ1n) is 8.23. The van der Waals surface area contributed by atoms with E-state index in [-0.39, 0.29) is 4.92 Å². The van der Waals surface area contributed by atoms with E-state index in [4.69, 9.17) is 9.47 Å². The molecule has 1 fully saturated rings. The summed E-state index contributed by atoms with van der Waals surface area (Å²) in [7, 11) is 2.83. The Hall–Kier alpha value is -2.93. The van der Waals surface area contributed by atoms with Crippen LogP contribution in [0.3, 0.4) is 0 Å². The highest BCUT2D eigenvalue weighted by Crippen LogP contribution is 2.40. The average molecular weight is 356 g/mol. The maximum Gasteiger partial charge on any atom is 0.323 e. The largest absolute Gasteiger partial charge is 0.497 e. The number of carbonyl (C=O) groups is 1. The summed E-state index contributed by atoms with van der Waals surface area (Å²) in [4.78, 5) is 24.0. The minimum absolute atomic E-state index is 0.317. The predicted molar refractivity (Wildman–Crippen MR) is 94.6 cm³/mol. The smallest absolute Gasteiger partial charge is 0.323 e. The lowest BCUT2D eigenvalue weighted by atomic mass is 9.85. The molecular weight excluding hydrogens is 336 g/mol. The zero-order chi connectivity index (χ0) is 18.7. The quantitative estimate of drug-likeness (QED) is 0.502. The van der Waals surface area contributed by atoms with Crippen LogP contribution in [0.25, 0.3) is 0 Å². The number of carbonyl (C=O) groups excluding carboxylic acids is 1. The van der Waals surface area contributed by atoms with Crippen molar-refractivity contribution in [3.63, 3.8) is 0 Å². The van der Waals surface area contributed by atoms with Crippen molar-refractivity contribution in [3.8, 4) is 5.75 Å². The number of hydrogen-bond acceptors (Lipinski definition) is 6. The van der Waals surface area contributed by atoms with Crippen LogP contribution < -0.4 is 10.1 Å². The molecule has 0 radical (unpaired) electrons. The van der Waals surface area contributed by atoms with Crippen LogP contribution in [0.1, 0.15) is 23.1 Å². The van der Waals surface area contributed by atoms with Gasteiger partial charge in [-0.1, -0.05) is 42.5 Å². The molecule has 4 atom stereocenters. The molecule has 4 unspecified atom stereocenters. The Morgan fingerprint density at radius 3 is 2.23 bits per heavy atom. The molecule has 0 aromatic heterocycles. The van der Waals surface area contributed by atoms with Crippen LogP contribution in [0, 0.1) is 10.1 Å². The third kappa shape index (κ3) is 3.25. The van der Waals surface area contributed by atoms with Crippen LogP contribution in [0.4, 0.5) is 0 Å². The number of nitro groups is 1. The summed E-state index contributed by atoms with van der Waals surface area (Å²) in [5.41, 5.74) is 1.45. The van der Waals surface area contributed by atoms with Crippen molar-refractivity contribution in [2.75, 3.05) is 14.2 Å². The Bertz CT molecular complexity index is 778. The topological polar surface area (TPSA) is 90.7 Å². The summed E-state index contributed by atoms with van der Waals surface area (Å²) in [5.74, 6) is -0.531. The van der Waals surface area contributed by atoms with E-state index >= 15 is 0 Å². The van der Waals surface area contributed by atoms with E-state index < -0.39 is 30.0 Å². The van der Waals surface area contributed by atoms with Crippen LogP contribution in [0.5, 0.6) is 5.75 Å². The maximum absolute atomic E-state index is 12.3. The number of ether oxygens (including phenoxy) is 2. The number of esters is 1.